The molecular weight excluding hydrogens is 328 g/mol. The second kappa shape index (κ2) is 8.52. The second-order valence-electron chi connectivity index (χ2n) is 7.26. The lowest BCUT2D eigenvalue weighted by molar-refractivity contribution is -0.0295. The van der Waals surface area contributed by atoms with E-state index >= 15 is 0 Å². The van der Waals surface area contributed by atoms with E-state index in [1.165, 1.54) is 0 Å². The molecule has 140 valence electrons. The van der Waals surface area contributed by atoms with Gasteiger partial charge in [-0.05, 0) is 28.8 Å². The zero-order chi connectivity index (χ0) is 18.5. The van der Waals surface area contributed by atoms with Crippen molar-refractivity contribution in [3.05, 3.63) is 42.0 Å². The van der Waals surface area contributed by atoms with E-state index in [4.69, 9.17) is 9.47 Å². The third-order valence-electron chi connectivity index (χ3n) is 4.65. The molecule has 1 unspecified atom stereocenters. The van der Waals surface area contributed by atoms with Crippen molar-refractivity contribution in [3.63, 3.8) is 0 Å². The average Bonchev–Trinajstić information content (AvgIpc) is 2.64. The zero-order valence-electron chi connectivity index (χ0n) is 15.8. The molecule has 0 aliphatic carbocycles. The summed E-state index contributed by atoms with van der Waals surface area (Å²) in [6.07, 6.45) is 0.0258. The molecule has 0 radical (unpaired) electrons. The van der Waals surface area contributed by atoms with Crippen molar-refractivity contribution < 1.29 is 14.3 Å². The molecule has 26 heavy (non-hydrogen) atoms. The predicted molar refractivity (Wildman–Crippen MR) is 104 cm³/mol. The van der Waals surface area contributed by atoms with E-state index < -0.39 is 0 Å². The number of ether oxygens (including phenoxy) is 2. The highest BCUT2D eigenvalue weighted by atomic mass is 16.5. The number of fused-ring (bicyclic) bond motifs is 1. The summed E-state index contributed by atoms with van der Waals surface area (Å²) in [4.78, 5) is 15.1. The van der Waals surface area contributed by atoms with Gasteiger partial charge in [0.15, 0.2) is 0 Å². The van der Waals surface area contributed by atoms with Gasteiger partial charge >= 0.3 is 0 Å². The highest BCUT2D eigenvalue weighted by Crippen LogP contribution is 2.25. The Morgan fingerprint density at radius 1 is 1.31 bits per heavy atom. The standard InChI is InChI=1S/C21H28N2O3/c1-15(2)13-23-8-9-26-18(14-23)12-22-21(24)19-10-16-6-4-5-7-17(16)11-20(19)25-3/h4-7,10-11,15,18H,8-9,12-14H2,1-3H3,(H,22,24). The van der Waals surface area contributed by atoms with Crippen molar-refractivity contribution in [2.24, 2.45) is 5.92 Å². The highest BCUT2D eigenvalue weighted by Gasteiger charge is 2.22. The smallest absolute Gasteiger partial charge is 0.255 e. The molecule has 2 aromatic carbocycles. The molecule has 2 aromatic rings. The van der Waals surface area contributed by atoms with Crippen LogP contribution in [0.3, 0.4) is 0 Å². The molecule has 1 aliphatic rings. The number of rotatable bonds is 6. The van der Waals surface area contributed by atoms with Crippen LogP contribution in [0.15, 0.2) is 36.4 Å². The minimum Gasteiger partial charge on any atom is -0.496 e. The maximum Gasteiger partial charge on any atom is 0.255 e. The molecule has 0 aromatic heterocycles. The van der Waals surface area contributed by atoms with Gasteiger partial charge in [-0.15, -0.1) is 0 Å². The first kappa shape index (κ1) is 18.7. The molecule has 1 aliphatic heterocycles. The number of nitrogens with zero attached hydrogens (tertiary/aromatic N) is 1. The molecule has 0 bridgehead atoms. The summed E-state index contributed by atoms with van der Waals surface area (Å²) in [5.74, 6) is 1.09. The number of benzene rings is 2. The van der Waals surface area contributed by atoms with Crippen molar-refractivity contribution in [2.75, 3.05) is 39.9 Å². The molecule has 1 saturated heterocycles. The van der Waals surface area contributed by atoms with Crippen LogP contribution < -0.4 is 10.1 Å². The Bertz CT molecular complexity index is 760. The normalized spacial score (nSPS) is 18.2. The van der Waals surface area contributed by atoms with Crippen molar-refractivity contribution >= 4 is 16.7 Å². The van der Waals surface area contributed by atoms with Gasteiger partial charge < -0.3 is 14.8 Å². The van der Waals surface area contributed by atoms with Crippen LogP contribution in [0.4, 0.5) is 0 Å². The topological polar surface area (TPSA) is 50.8 Å². The SMILES string of the molecule is COc1cc2ccccc2cc1C(=O)NCC1CN(CC(C)C)CCO1. The molecule has 0 saturated carbocycles. The summed E-state index contributed by atoms with van der Waals surface area (Å²) < 4.78 is 11.2. The number of carbonyl (C=O) groups is 1. The number of hydrogen-bond acceptors (Lipinski definition) is 4. The van der Waals surface area contributed by atoms with Crippen molar-refractivity contribution in [1.29, 1.82) is 0 Å². The fourth-order valence-electron chi connectivity index (χ4n) is 3.45. The molecule has 1 heterocycles. The summed E-state index contributed by atoms with van der Waals surface area (Å²) >= 11 is 0. The van der Waals surface area contributed by atoms with Crippen LogP contribution in [-0.4, -0.2) is 56.8 Å². The third-order valence-corrected chi connectivity index (χ3v) is 4.65. The van der Waals surface area contributed by atoms with E-state index in [0.717, 1.165) is 30.4 Å². The van der Waals surface area contributed by atoms with Crippen molar-refractivity contribution in [1.82, 2.24) is 10.2 Å². The van der Waals surface area contributed by atoms with Crippen LogP contribution in [0.5, 0.6) is 5.75 Å². The van der Waals surface area contributed by atoms with Gasteiger partial charge in [0.05, 0.1) is 25.4 Å². The summed E-state index contributed by atoms with van der Waals surface area (Å²) in [5.41, 5.74) is 0.557. The summed E-state index contributed by atoms with van der Waals surface area (Å²) in [7, 11) is 1.59. The predicted octanol–water partition coefficient (Wildman–Crippen LogP) is 2.94. The van der Waals surface area contributed by atoms with Gasteiger partial charge in [0, 0.05) is 26.2 Å². The zero-order valence-corrected chi connectivity index (χ0v) is 15.8. The summed E-state index contributed by atoms with van der Waals surface area (Å²) in [5, 5.41) is 5.09. The van der Waals surface area contributed by atoms with Crippen LogP contribution in [0.2, 0.25) is 0 Å². The maximum absolute atomic E-state index is 12.7. The fraction of sp³-hybridized carbons (Fsp3) is 0.476. The third kappa shape index (κ3) is 4.54. The van der Waals surface area contributed by atoms with E-state index in [1.54, 1.807) is 7.11 Å². The Hall–Kier alpha value is -2.11. The molecule has 5 nitrogen and oxygen atoms in total. The molecule has 5 heteroatoms. The Morgan fingerprint density at radius 3 is 2.73 bits per heavy atom. The maximum atomic E-state index is 12.7. The van der Waals surface area contributed by atoms with Gasteiger partial charge in [-0.25, -0.2) is 0 Å². The highest BCUT2D eigenvalue weighted by molar-refractivity contribution is 6.01. The molecule has 1 atom stereocenters. The van der Waals surface area contributed by atoms with Crippen LogP contribution >= 0.6 is 0 Å². The van der Waals surface area contributed by atoms with Gasteiger partial charge in [-0.1, -0.05) is 38.1 Å². The average molecular weight is 356 g/mol. The first-order valence-electron chi connectivity index (χ1n) is 9.25. The number of nitrogens with one attached hydrogen (secondary N) is 1. The van der Waals surface area contributed by atoms with Gasteiger partial charge in [0.1, 0.15) is 5.75 Å². The van der Waals surface area contributed by atoms with Gasteiger partial charge in [0.2, 0.25) is 0 Å². The Morgan fingerprint density at radius 2 is 2.04 bits per heavy atom. The van der Waals surface area contributed by atoms with Crippen LogP contribution in [0.25, 0.3) is 10.8 Å². The number of amides is 1. The van der Waals surface area contributed by atoms with Crippen LogP contribution in [-0.2, 0) is 4.74 Å². The number of morpholine rings is 1. The summed E-state index contributed by atoms with van der Waals surface area (Å²) in [6.45, 7) is 8.53. The number of hydrogen-bond donors (Lipinski definition) is 1. The van der Waals surface area contributed by atoms with Gasteiger partial charge in [-0.3, -0.25) is 9.69 Å². The minimum atomic E-state index is -0.128. The Labute approximate surface area is 155 Å². The van der Waals surface area contributed by atoms with Crippen LogP contribution in [0, 0.1) is 5.92 Å². The fourth-order valence-corrected chi connectivity index (χ4v) is 3.45. The van der Waals surface area contributed by atoms with Crippen LogP contribution in [0.1, 0.15) is 24.2 Å². The van der Waals surface area contributed by atoms with E-state index in [1.807, 2.05) is 36.4 Å². The molecule has 1 fully saturated rings. The van der Waals surface area contributed by atoms with E-state index in [0.29, 0.717) is 30.4 Å². The largest absolute Gasteiger partial charge is 0.496 e. The Balaban J connectivity index is 1.65. The lowest BCUT2D eigenvalue weighted by atomic mass is 10.1. The monoisotopic (exact) mass is 356 g/mol. The molecule has 3 rings (SSSR count). The lowest BCUT2D eigenvalue weighted by Crippen LogP contribution is -2.48. The number of methoxy groups -OCH3 is 1. The number of carbonyl (C=O) groups excluding carboxylic acids is 1. The van der Waals surface area contributed by atoms with E-state index in [2.05, 4.69) is 24.1 Å². The first-order valence-corrected chi connectivity index (χ1v) is 9.25. The molecule has 1 N–H and O–H groups in total. The second-order valence-corrected chi connectivity index (χ2v) is 7.26. The Kier molecular flexibility index (Phi) is 6.12. The van der Waals surface area contributed by atoms with Gasteiger partial charge in [-0.2, -0.15) is 0 Å². The molecule has 0 spiro atoms. The van der Waals surface area contributed by atoms with Crippen molar-refractivity contribution in [3.8, 4) is 5.75 Å². The summed E-state index contributed by atoms with van der Waals surface area (Å²) in [6, 6.07) is 11.8. The van der Waals surface area contributed by atoms with E-state index in [9.17, 15) is 4.79 Å². The van der Waals surface area contributed by atoms with Gasteiger partial charge in [0.25, 0.3) is 5.91 Å². The van der Waals surface area contributed by atoms with Crippen molar-refractivity contribution in [2.45, 2.75) is 20.0 Å². The lowest BCUT2D eigenvalue weighted by Gasteiger charge is -2.34. The molecule has 1 amide bonds. The van der Waals surface area contributed by atoms with E-state index in [-0.39, 0.29) is 12.0 Å². The molecular formula is C21H28N2O3. The minimum absolute atomic E-state index is 0.0258. The first-order chi connectivity index (χ1) is 12.6. The quantitative estimate of drug-likeness (QED) is 0.865.